The molecule has 0 heterocycles. The van der Waals surface area contributed by atoms with Crippen LogP contribution in [0.1, 0.15) is 43.4 Å². The minimum atomic E-state index is -0.930. The topological polar surface area (TPSA) is 20.2 Å². The molecule has 0 spiro atoms. The van der Waals surface area contributed by atoms with E-state index in [-0.39, 0.29) is 0 Å². The largest absolute Gasteiger partial charge is 0.380 e. The van der Waals surface area contributed by atoms with Crippen molar-refractivity contribution in [3.63, 3.8) is 0 Å². The molecule has 2 rings (SSSR count). The van der Waals surface area contributed by atoms with Gasteiger partial charge in [0.1, 0.15) is 5.60 Å². The molecule has 0 aliphatic rings. The van der Waals surface area contributed by atoms with Crippen LogP contribution in [0.25, 0.3) is 0 Å². The summed E-state index contributed by atoms with van der Waals surface area (Å²) in [4.78, 5) is 0. The first-order valence-corrected chi connectivity index (χ1v) is 7.51. The Balaban J connectivity index is 2.38. The van der Waals surface area contributed by atoms with Crippen molar-refractivity contribution in [2.45, 2.75) is 39.2 Å². The Morgan fingerprint density at radius 1 is 0.952 bits per heavy atom. The summed E-state index contributed by atoms with van der Waals surface area (Å²) >= 11 is 0. The molecule has 0 unspecified atom stereocenters. The average Bonchev–Trinajstić information content (AvgIpc) is 2.48. The predicted molar refractivity (Wildman–Crippen MR) is 89.3 cm³/mol. The fraction of sp³-hybridized carbons (Fsp3) is 0.300. The summed E-state index contributed by atoms with van der Waals surface area (Å²) in [5, 5.41) is 11.3. The van der Waals surface area contributed by atoms with Gasteiger partial charge in [0.15, 0.2) is 0 Å². The minimum Gasteiger partial charge on any atom is -0.380 e. The van der Waals surface area contributed by atoms with Crippen LogP contribution in [-0.2, 0) is 5.60 Å². The highest BCUT2D eigenvalue weighted by Crippen LogP contribution is 2.34. The molecule has 110 valence electrons. The maximum absolute atomic E-state index is 11.3. The van der Waals surface area contributed by atoms with E-state index in [2.05, 4.69) is 39.0 Å². The van der Waals surface area contributed by atoms with Crippen molar-refractivity contribution in [3.05, 3.63) is 82.9 Å². The smallest absolute Gasteiger partial charge is 0.115 e. The molecule has 0 fully saturated rings. The van der Waals surface area contributed by atoms with Gasteiger partial charge in [-0.15, -0.1) is 0 Å². The van der Waals surface area contributed by atoms with Gasteiger partial charge < -0.3 is 5.11 Å². The first-order valence-electron chi connectivity index (χ1n) is 7.51. The molecule has 2 aromatic carbocycles. The van der Waals surface area contributed by atoms with Gasteiger partial charge in [0, 0.05) is 0 Å². The molecule has 0 aromatic heterocycles. The van der Waals surface area contributed by atoms with Crippen molar-refractivity contribution >= 4 is 0 Å². The van der Waals surface area contributed by atoms with Crippen molar-refractivity contribution in [1.29, 1.82) is 0 Å². The van der Waals surface area contributed by atoms with Gasteiger partial charge in [-0.25, -0.2) is 0 Å². The zero-order valence-corrected chi connectivity index (χ0v) is 13.1. The molecule has 1 N–H and O–H groups in total. The maximum Gasteiger partial charge on any atom is 0.115 e. The van der Waals surface area contributed by atoms with E-state index in [4.69, 9.17) is 0 Å². The van der Waals surface area contributed by atoms with E-state index in [1.807, 2.05) is 42.5 Å². The summed E-state index contributed by atoms with van der Waals surface area (Å²) in [7, 11) is 0. The van der Waals surface area contributed by atoms with Gasteiger partial charge in [0.2, 0.25) is 0 Å². The average molecular weight is 280 g/mol. The second kappa shape index (κ2) is 6.73. The fourth-order valence-corrected chi connectivity index (χ4v) is 2.57. The summed E-state index contributed by atoms with van der Waals surface area (Å²) < 4.78 is 0. The molecular formula is C20H24O. The van der Waals surface area contributed by atoms with Crippen LogP contribution in [0.15, 0.2) is 66.2 Å². The molecule has 0 amide bonds. The zero-order chi connectivity index (χ0) is 15.3. The van der Waals surface area contributed by atoms with Crippen molar-refractivity contribution in [2.75, 3.05) is 0 Å². The molecule has 0 bridgehead atoms. The quantitative estimate of drug-likeness (QED) is 0.766. The molecular weight excluding hydrogens is 256 g/mol. The summed E-state index contributed by atoms with van der Waals surface area (Å²) in [5.74, 6) is 0. The number of allylic oxidation sites excluding steroid dienone is 2. The molecule has 0 aliphatic heterocycles. The minimum absolute atomic E-state index is 0.686. The highest BCUT2D eigenvalue weighted by atomic mass is 16.3. The normalized spacial score (nSPS) is 13.5. The number of hydrogen-bond donors (Lipinski definition) is 1. The monoisotopic (exact) mass is 280 g/mol. The van der Waals surface area contributed by atoms with E-state index in [0.717, 1.165) is 17.5 Å². The first-order chi connectivity index (χ1) is 10.0. The summed E-state index contributed by atoms with van der Waals surface area (Å²) in [6, 6.07) is 18.1. The van der Waals surface area contributed by atoms with Gasteiger partial charge in [-0.2, -0.15) is 0 Å². The highest BCUT2D eigenvalue weighted by molar-refractivity contribution is 5.37. The van der Waals surface area contributed by atoms with Crippen LogP contribution in [0.2, 0.25) is 0 Å². The highest BCUT2D eigenvalue weighted by Gasteiger charge is 2.30. The summed E-state index contributed by atoms with van der Waals surface area (Å²) in [6.45, 7) is 6.25. The third kappa shape index (κ3) is 3.83. The number of aryl methyl sites for hydroxylation is 1. The third-order valence-corrected chi connectivity index (χ3v) is 3.84. The van der Waals surface area contributed by atoms with E-state index in [1.54, 1.807) is 0 Å². The van der Waals surface area contributed by atoms with Crippen LogP contribution in [-0.4, -0.2) is 5.11 Å². The molecule has 2 aromatic rings. The van der Waals surface area contributed by atoms with Crippen molar-refractivity contribution < 1.29 is 5.11 Å². The fourth-order valence-electron chi connectivity index (χ4n) is 2.57. The van der Waals surface area contributed by atoms with Crippen molar-refractivity contribution in [2.24, 2.45) is 0 Å². The number of aliphatic hydroxyl groups is 1. The van der Waals surface area contributed by atoms with Crippen LogP contribution in [0, 0.1) is 6.92 Å². The van der Waals surface area contributed by atoms with Crippen LogP contribution in [0.5, 0.6) is 0 Å². The van der Waals surface area contributed by atoms with Crippen LogP contribution in [0.4, 0.5) is 0 Å². The number of benzene rings is 2. The van der Waals surface area contributed by atoms with E-state index in [1.165, 1.54) is 11.1 Å². The van der Waals surface area contributed by atoms with Gasteiger partial charge >= 0.3 is 0 Å². The second-order valence-electron chi connectivity index (χ2n) is 5.91. The van der Waals surface area contributed by atoms with Gasteiger partial charge in [-0.1, -0.05) is 71.8 Å². The molecule has 1 heteroatoms. The summed E-state index contributed by atoms with van der Waals surface area (Å²) in [5.41, 5.74) is 3.48. The van der Waals surface area contributed by atoms with Gasteiger partial charge in [-0.05, 0) is 44.7 Å². The molecule has 1 nitrogen and oxygen atoms in total. The molecule has 0 aliphatic carbocycles. The predicted octanol–water partition coefficient (Wildman–Crippen LogP) is 4.98. The van der Waals surface area contributed by atoms with Crippen LogP contribution >= 0.6 is 0 Å². The Labute approximate surface area is 128 Å². The van der Waals surface area contributed by atoms with Gasteiger partial charge in [-0.3, -0.25) is 0 Å². The van der Waals surface area contributed by atoms with Crippen molar-refractivity contribution in [1.82, 2.24) is 0 Å². The Hall–Kier alpha value is -1.86. The van der Waals surface area contributed by atoms with Crippen LogP contribution < -0.4 is 0 Å². The van der Waals surface area contributed by atoms with Gasteiger partial charge in [0.05, 0.1) is 0 Å². The lowest BCUT2D eigenvalue weighted by Gasteiger charge is -2.29. The Morgan fingerprint density at radius 2 is 1.52 bits per heavy atom. The maximum atomic E-state index is 11.3. The van der Waals surface area contributed by atoms with E-state index in [0.29, 0.717) is 6.42 Å². The first kappa shape index (κ1) is 15.5. The summed E-state index contributed by atoms with van der Waals surface area (Å²) in [6.07, 6.45) is 3.73. The number of rotatable bonds is 5. The standard InChI is InChI=1S/C20H24O/c1-16(2)8-7-15-20(21,18-9-5-4-6-10-18)19-13-11-17(3)12-14-19/h4-6,8-14,21H,7,15H2,1-3H3/t20-/m0/s1. The van der Waals surface area contributed by atoms with Gasteiger partial charge in [0.25, 0.3) is 0 Å². The van der Waals surface area contributed by atoms with Crippen LogP contribution in [0.3, 0.4) is 0 Å². The second-order valence-corrected chi connectivity index (χ2v) is 5.91. The Kier molecular flexibility index (Phi) is 4.98. The molecule has 0 radical (unpaired) electrons. The molecule has 1 atom stereocenters. The molecule has 0 saturated heterocycles. The molecule has 0 saturated carbocycles. The lowest BCUT2D eigenvalue weighted by atomic mass is 9.82. The van der Waals surface area contributed by atoms with E-state index in [9.17, 15) is 5.11 Å². The zero-order valence-electron chi connectivity index (χ0n) is 13.1. The molecule has 21 heavy (non-hydrogen) atoms. The SMILES string of the molecule is CC(C)=CCC[C@](O)(c1ccccc1)c1ccc(C)cc1. The Bertz CT molecular complexity index is 591. The van der Waals surface area contributed by atoms with E-state index >= 15 is 0 Å². The van der Waals surface area contributed by atoms with Crippen molar-refractivity contribution in [3.8, 4) is 0 Å². The number of hydrogen-bond acceptors (Lipinski definition) is 1. The third-order valence-electron chi connectivity index (χ3n) is 3.84. The Morgan fingerprint density at radius 3 is 2.10 bits per heavy atom. The lowest BCUT2D eigenvalue weighted by Crippen LogP contribution is -2.27. The van der Waals surface area contributed by atoms with E-state index < -0.39 is 5.60 Å². The lowest BCUT2D eigenvalue weighted by molar-refractivity contribution is 0.0720.